The highest BCUT2D eigenvalue weighted by Crippen LogP contribution is 2.23. The molecule has 2 heterocycles. The van der Waals surface area contributed by atoms with Crippen molar-refractivity contribution in [1.29, 1.82) is 0 Å². The van der Waals surface area contributed by atoms with Crippen LogP contribution in [0.5, 0.6) is 0 Å². The molecule has 1 aromatic carbocycles. The summed E-state index contributed by atoms with van der Waals surface area (Å²) in [5, 5.41) is 15.8. The average Bonchev–Trinajstić information content (AvgIpc) is 3.30. The molecule has 0 spiro atoms. The molecule has 7 heteroatoms. The van der Waals surface area contributed by atoms with Gasteiger partial charge in [-0.05, 0) is 29.3 Å². The molecule has 3 rings (SSSR count). The van der Waals surface area contributed by atoms with E-state index in [4.69, 9.17) is 0 Å². The molecule has 1 amide bonds. The van der Waals surface area contributed by atoms with Crippen molar-refractivity contribution in [3.05, 3.63) is 66.1 Å². The summed E-state index contributed by atoms with van der Waals surface area (Å²) in [7, 11) is 0. The van der Waals surface area contributed by atoms with Crippen molar-refractivity contribution >= 4 is 11.7 Å². The van der Waals surface area contributed by atoms with Crippen LogP contribution in [0.1, 0.15) is 88.4 Å². The Morgan fingerprint density at radius 2 is 1.55 bits per heavy atom. The van der Waals surface area contributed by atoms with Gasteiger partial charge in [0, 0.05) is 6.20 Å². The Labute approximate surface area is 197 Å². The number of hydrogen-bond acceptors (Lipinski definition) is 5. The van der Waals surface area contributed by atoms with E-state index in [9.17, 15) is 4.79 Å². The molecule has 0 unspecified atom stereocenters. The molecule has 0 saturated carbocycles. The van der Waals surface area contributed by atoms with E-state index in [1.54, 1.807) is 17.1 Å². The topological polar surface area (TPSA) is 85.6 Å². The van der Waals surface area contributed by atoms with Gasteiger partial charge in [0.25, 0.3) is 0 Å². The minimum atomic E-state index is -0.644. The molecule has 1 N–H and O–H groups in total. The van der Waals surface area contributed by atoms with E-state index >= 15 is 0 Å². The minimum Gasteiger partial charge on any atom is -0.310 e. The van der Waals surface area contributed by atoms with Crippen molar-refractivity contribution < 1.29 is 4.79 Å². The summed E-state index contributed by atoms with van der Waals surface area (Å²) in [6, 6.07) is 15.0. The Bertz CT molecular complexity index is 928. The molecular formula is C26H36N6O. The van der Waals surface area contributed by atoms with Crippen LogP contribution >= 0.6 is 0 Å². The van der Waals surface area contributed by atoms with E-state index in [2.05, 4.69) is 32.6 Å². The largest absolute Gasteiger partial charge is 0.310 e. The third kappa shape index (κ3) is 8.40. The second-order valence-electron chi connectivity index (χ2n) is 8.47. The maximum atomic E-state index is 13.1. The Morgan fingerprint density at radius 3 is 2.21 bits per heavy atom. The molecule has 0 aliphatic rings. The van der Waals surface area contributed by atoms with E-state index in [1.807, 2.05) is 42.5 Å². The highest BCUT2D eigenvalue weighted by molar-refractivity contribution is 5.96. The fourth-order valence-electron chi connectivity index (χ4n) is 3.90. The summed E-state index contributed by atoms with van der Waals surface area (Å²) in [6.07, 6.45) is 14.5. The Hall–Kier alpha value is -3.09. The second kappa shape index (κ2) is 14.1. The molecule has 176 valence electrons. The Kier molecular flexibility index (Phi) is 10.5. The molecule has 0 fully saturated rings. The number of hydrogen-bond donors (Lipinski definition) is 1. The van der Waals surface area contributed by atoms with Gasteiger partial charge in [0.2, 0.25) is 5.91 Å². The van der Waals surface area contributed by atoms with Crippen LogP contribution in [-0.2, 0) is 11.3 Å². The predicted molar refractivity (Wildman–Crippen MR) is 131 cm³/mol. The van der Waals surface area contributed by atoms with Crippen molar-refractivity contribution in [2.75, 3.05) is 5.32 Å². The van der Waals surface area contributed by atoms with Crippen LogP contribution < -0.4 is 5.32 Å². The van der Waals surface area contributed by atoms with Crippen LogP contribution in [0.3, 0.4) is 0 Å². The fraction of sp³-hybridized carbons (Fsp3) is 0.500. The van der Waals surface area contributed by atoms with Crippen LogP contribution in [0.2, 0.25) is 0 Å². The first-order chi connectivity index (χ1) is 16.3. The molecule has 0 aliphatic carbocycles. The van der Waals surface area contributed by atoms with Crippen LogP contribution in [-0.4, -0.2) is 31.1 Å². The maximum absolute atomic E-state index is 13.1. The van der Waals surface area contributed by atoms with Gasteiger partial charge in [-0.25, -0.2) is 4.98 Å². The Balaban J connectivity index is 1.50. The number of carbonyl (C=O) groups is 1. The highest BCUT2D eigenvalue weighted by atomic mass is 16.2. The van der Waals surface area contributed by atoms with Crippen LogP contribution in [0.15, 0.2) is 54.7 Å². The SMILES string of the molecule is CCCCCCCCCCCCn1nnc([C@H](C(=O)Nc2ccccn2)c2ccccc2)n1. The number of nitrogens with one attached hydrogen (secondary N) is 1. The second-order valence-corrected chi connectivity index (χ2v) is 8.47. The van der Waals surface area contributed by atoms with Crippen molar-refractivity contribution in [3.8, 4) is 0 Å². The predicted octanol–water partition coefficient (Wildman–Crippen LogP) is 5.76. The number of anilines is 1. The molecule has 3 aromatic rings. The first-order valence-electron chi connectivity index (χ1n) is 12.3. The summed E-state index contributed by atoms with van der Waals surface area (Å²) in [5.41, 5.74) is 0.824. The number of benzene rings is 1. The van der Waals surface area contributed by atoms with E-state index in [0.29, 0.717) is 18.2 Å². The number of tetrazole rings is 1. The fourth-order valence-corrected chi connectivity index (χ4v) is 3.90. The third-order valence-electron chi connectivity index (χ3n) is 5.75. The first-order valence-corrected chi connectivity index (χ1v) is 12.3. The number of nitrogens with zero attached hydrogens (tertiary/aromatic N) is 5. The van der Waals surface area contributed by atoms with Crippen LogP contribution in [0.4, 0.5) is 5.82 Å². The third-order valence-corrected chi connectivity index (χ3v) is 5.75. The summed E-state index contributed by atoms with van der Waals surface area (Å²) in [6.45, 7) is 2.97. The first kappa shape index (κ1) is 24.6. The molecule has 33 heavy (non-hydrogen) atoms. The molecule has 0 bridgehead atoms. The van der Waals surface area contributed by atoms with Gasteiger partial charge in [0.15, 0.2) is 5.82 Å². The monoisotopic (exact) mass is 448 g/mol. The molecular weight excluding hydrogens is 412 g/mol. The number of carbonyl (C=O) groups excluding carboxylic acids is 1. The molecule has 0 aliphatic heterocycles. The van der Waals surface area contributed by atoms with Gasteiger partial charge < -0.3 is 5.32 Å². The number of pyridine rings is 1. The van der Waals surface area contributed by atoms with Gasteiger partial charge >= 0.3 is 0 Å². The lowest BCUT2D eigenvalue weighted by atomic mass is 9.97. The van der Waals surface area contributed by atoms with Crippen molar-refractivity contribution in [1.82, 2.24) is 25.2 Å². The number of rotatable bonds is 15. The maximum Gasteiger partial charge on any atom is 0.240 e. The van der Waals surface area contributed by atoms with Gasteiger partial charge in [-0.15, -0.1) is 10.2 Å². The summed E-state index contributed by atoms with van der Waals surface area (Å²) in [4.78, 5) is 18.9. The summed E-state index contributed by atoms with van der Waals surface area (Å²) in [5.74, 6) is 0.0379. The van der Waals surface area contributed by atoms with Crippen molar-refractivity contribution in [2.24, 2.45) is 0 Å². The van der Waals surface area contributed by atoms with E-state index in [1.165, 1.54) is 51.4 Å². The Morgan fingerprint density at radius 1 is 0.879 bits per heavy atom. The van der Waals surface area contributed by atoms with Crippen LogP contribution in [0.25, 0.3) is 0 Å². The zero-order valence-electron chi connectivity index (χ0n) is 19.7. The number of unbranched alkanes of at least 4 members (excludes halogenated alkanes) is 9. The molecule has 0 saturated heterocycles. The summed E-state index contributed by atoms with van der Waals surface area (Å²) >= 11 is 0. The lowest BCUT2D eigenvalue weighted by molar-refractivity contribution is -0.116. The lowest BCUT2D eigenvalue weighted by Crippen LogP contribution is -2.24. The van der Waals surface area contributed by atoms with Gasteiger partial charge in [0.1, 0.15) is 11.7 Å². The van der Waals surface area contributed by atoms with E-state index in [0.717, 1.165) is 18.4 Å². The zero-order valence-corrected chi connectivity index (χ0v) is 19.7. The van der Waals surface area contributed by atoms with E-state index in [-0.39, 0.29) is 5.91 Å². The lowest BCUT2D eigenvalue weighted by Gasteiger charge is -2.13. The standard InChI is InChI=1S/C26H36N6O/c1-2-3-4-5-6-7-8-9-10-16-21-32-30-25(29-31-32)24(22-17-12-11-13-18-22)26(33)28-23-19-14-15-20-27-23/h11-15,17-20,24H,2-10,16,21H2,1H3,(H,27,28,33)/t24-/m1/s1. The van der Waals surface area contributed by atoms with Gasteiger partial charge in [-0.3, -0.25) is 4.79 Å². The molecule has 7 nitrogen and oxygen atoms in total. The van der Waals surface area contributed by atoms with Crippen molar-refractivity contribution in [2.45, 2.75) is 83.6 Å². The van der Waals surface area contributed by atoms with Gasteiger partial charge in [-0.2, -0.15) is 4.80 Å². The smallest absolute Gasteiger partial charge is 0.240 e. The van der Waals surface area contributed by atoms with Gasteiger partial charge in [-0.1, -0.05) is 101 Å². The average molecular weight is 449 g/mol. The molecule has 1 atom stereocenters. The number of amides is 1. The number of aryl methyl sites for hydroxylation is 1. The summed E-state index contributed by atoms with van der Waals surface area (Å²) < 4.78 is 0. The van der Waals surface area contributed by atoms with Crippen LogP contribution in [0, 0.1) is 0 Å². The zero-order chi connectivity index (χ0) is 23.1. The normalized spacial score (nSPS) is 11.9. The quantitative estimate of drug-likeness (QED) is 0.299. The van der Waals surface area contributed by atoms with Gasteiger partial charge in [0.05, 0.1) is 6.54 Å². The minimum absolute atomic E-state index is 0.224. The van der Waals surface area contributed by atoms with Crippen molar-refractivity contribution in [3.63, 3.8) is 0 Å². The molecule has 2 aromatic heterocycles. The number of aromatic nitrogens is 5. The van der Waals surface area contributed by atoms with E-state index < -0.39 is 5.92 Å². The highest BCUT2D eigenvalue weighted by Gasteiger charge is 2.27. The molecule has 0 radical (unpaired) electrons.